The minimum absolute atomic E-state index is 0.118. The van der Waals surface area contributed by atoms with Crippen LogP contribution in [-0.4, -0.2) is 18.0 Å². The molecular weight excluding hydrogens is 324 g/mol. The third-order valence-electron chi connectivity index (χ3n) is 3.99. The first-order valence-electron chi connectivity index (χ1n) is 7.67. The highest BCUT2D eigenvalue weighted by atomic mass is 32.2. The zero-order valence-corrected chi connectivity index (χ0v) is 14.6. The Morgan fingerprint density at radius 1 is 1.04 bits per heavy atom. The number of hydrogen-bond donors (Lipinski definition) is 0. The molecule has 0 aliphatic heterocycles. The van der Waals surface area contributed by atoms with E-state index >= 15 is 0 Å². The van der Waals surface area contributed by atoms with Crippen LogP contribution in [0, 0.1) is 13.8 Å². The van der Waals surface area contributed by atoms with E-state index in [1.807, 2.05) is 20.8 Å². The number of pyridine rings is 2. The molecule has 5 nitrogen and oxygen atoms in total. The molecule has 0 unspecified atom stereocenters. The predicted molar refractivity (Wildman–Crippen MR) is 93.0 cm³/mol. The molecule has 2 aromatic heterocycles. The first-order valence-corrected chi connectivity index (χ1v) is 9.15. The Bertz CT molecular complexity index is 1080. The van der Waals surface area contributed by atoms with Gasteiger partial charge >= 0.3 is 0 Å². The van der Waals surface area contributed by atoms with Crippen molar-refractivity contribution in [2.24, 2.45) is 0 Å². The molecule has 0 aliphatic rings. The van der Waals surface area contributed by atoms with Crippen LogP contribution in [0.25, 0.3) is 11.0 Å². The fraction of sp³-hybridized carbons (Fsp3) is 0.222. The zero-order chi connectivity index (χ0) is 17.5. The first-order chi connectivity index (χ1) is 11.3. The van der Waals surface area contributed by atoms with E-state index in [4.69, 9.17) is 0 Å². The van der Waals surface area contributed by atoms with Gasteiger partial charge in [0.25, 0.3) is 0 Å². The van der Waals surface area contributed by atoms with Crippen molar-refractivity contribution in [2.75, 3.05) is 0 Å². The molecule has 24 heavy (non-hydrogen) atoms. The lowest BCUT2D eigenvalue weighted by atomic mass is 10.2. The molecule has 0 aliphatic carbocycles. The van der Waals surface area contributed by atoms with Crippen molar-refractivity contribution in [1.82, 2.24) is 9.55 Å². The molecular formula is C18H18N2O3S. The molecule has 0 saturated carbocycles. The van der Waals surface area contributed by atoms with E-state index < -0.39 is 15.3 Å². The lowest BCUT2D eigenvalue weighted by molar-refractivity contribution is 0.593. The van der Waals surface area contributed by atoms with Gasteiger partial charge in [0.05, 0.1) is 10.3 Å². The van der Waals surface area contributed by atoms with Crippen LogP contribution < -0.4 is 5.43 Å². The van der Waals surface area contributed by atoms with Gasteiger partial charge in [0.1, 0.15) is 10.5 Å². The molecule has 0 amide bonds. The largest absolute Gasteiger partial charge is 0.331 e. The number of sulfone groups is 1. The Kier molecular flexibility index (Phi) is 4.01. The number of fused-ring (bicyclic) bond motifs is 1. The zero-order valence-electron chi connectivity index (χ0n) is 13.8. The molecule has 1 aromatic carbocycles. The normalized spacial score (nSPS) is 11.8. The summed E-state index contributed by atoms with van der Waals surface area (Å²) in [5, 5.41) is 0.315. The van der Waals surface area contributed by atoms with Gasteiger partial charge in [0.2, 0.25) is 15.3 Å². The maximum absolute atomic E-state index is 12.9. The van der Waals surface area contributed by atoms with Crippen molar-refractivity contribution < 1.29 is 8.42 Å². The summed E-state index contributed by atoms with van der Waals surface area (Å²) in [5.74, 6) is 0. The summed E-state index contributed by atoms with van der Waals surface area (Å²) >= 11 is 0. The molecule has 124 valence electrons. The predicted octanol–water partition coefficient (Wildman–Crippen LogP) is 2.87. The van der Waals surface area contributed by atoms with E-state index in [0.29, 0.717) is 17.6 Å². The smallest absolute Gasteiger partial charge is 0.211 e. The average molecular weight is 342 g/mol. The van der Waals surface area contributed by atoms with Crippen molar-refractivity contribution >= 4 is 20.9 Å². The van der Waals surface area contributed by atoms with E-state index in [1.54, 1.807) is 28.8 Å². The monoisotopic (exact) mass is 342 g/mol. The van der Waals surface area contributed by atoms with Crippen molar-refractivity contribution in [2.45, 2.75) is 37.1 Å². The lowest BCUT2D eigenvalue weighted by Crippen LogP contribution is -2.20. The Hall–Kier alpha value is -2.47. The molecule has 6 heteroatoms. The molecule has 3 rings (SSSR count). The van der Waals surface area contributed by atoms with Crippen LogP contribution in [0.4, 0.5) is 0 Å². The topological polar surface area (TPSA) is 69.0 Å². The fourth-order valence-electron chi connectivity index (χ4n) is 2.61. The number of aryl methyl sites for hydroxylation is 3. The molecule has 0 radical (unpaired) electrons. The molecule has 0 fully saturated rings. The van der Waals surface area contributed by atoms with Gasteiger partial charge in [0.15, 0.2) is 0 Å². The van der Waals surface area contributed by atoms with Gasteiger partial charge in [-0.2, -0.15) is 0 Å². The number of hydrogen-bond acceptors (Lipinski definition) is 4. The second kappa shape index (κ2) is 5.87. The molecule has 0 spiro atoms. The Balaban J connectivity index is 2.34. The van der Waals surface area contributed by atoms with Crippen LogP contribution in [0.5, 0.6) is 0 Å². The molecule has 0 saturated heterocycles. The molecule has 0 bridgehead atoms. The van der Waals surface area contributed by atoms with Crippen LogP contribution >= 0.6 is 0 Å². The fourth-order valence-corrected chi connectivity index (χ4v) is 3.98. The summed E-state index contributed by atoms with van der Waals surface area (Å²) in [5.41, 5.74) is 1.73. The summed E-state index contributed by atoms with van der Waals surface area (Å²) in [6, 6.07) is 9.84. The summed E-state index contributed by atoms with van der Waals surface area (Å²) in [6.45, 7) is 6.12. The standard InChI is InChI=1S/C18H18N2O3S/c1-4-20-11-16(17(21)15-10-7-13(3)19-18(15)20)24(22,23)14-8-5-12(2)6-9-14/h5-11H,4H2,1-3H3. The number of rotatable bonds is 3. The summed E-state index contributed by atoms with van der Waals surface area (Å²) < 4.78 is 27.5. The van der Waals surface area contributed by atoms with E-state index in [-0.39, 0.29) is 9.79 Å². The van der Waals surface area contributed by atoms with Gasteiger partial charge in [-0.05, 0) is 45.0 Å². The lowest BCUT2D eigenvalue weighted by Gasteiger charge is -2.12. The highest BCUT2D eigenvalue weighted by Gasteiger charge is 2.23. The van der Waals surface area contributed by atoms with E-state index in [9.17, 15) is 13.2 Å². The van der Waals surface area contributed by atoms with Crippen molar-refractivity contribution in [3.63, 3.8) is 0 Å². The SMILES string of the molecule is CCn1cc(S(=O)(=O)c2ccc(C)cc2)c(=O)c2ccc(C)nc21. The average Bonchev–Trinajstić information content (AvgIpc) is 2.55. The molecule has 0 atom stereocenters. The molecule has 0 N–H and O–H groups in total. The highest BCUT2D eigenvalue weighted by Crippen LogP contribution is 2.21. The minimum atomic E-state index is -3.88. The Labute approximate surface area is 140 Å². The Morgan fingerprint density at radius 3 is 2.33 bits per heavy atom. The number of nitrogens with zero attached hydrogens (tertiary/aromatic N) is 2. The first kappa shape index (κ1) is 16.4. The minimum Gasteiger partial charge on any atom is -0.331 e. The highest BCUT2D eigenvalue weighted by molar-refractivity contribution is 7.91. The molecule has 3 aromatic rings. The quantitative estimate of drug-likeness (QED) is 0.734. The summed E-state index contributed by atoms with van der Waals surface area (Å²) in [7, 11) is -3.88. The second-order valence-electron chi connectivity index (χ2n) is 5.75. The van der Waals surface area contributed by atoms with Crippen LogP contribution in [0.1, 0.15) is 18.2 Å². The Morgan fingerprint density at radius 2 is 1.71 bits per heavy atom. The number of aromatic nitrogens is 2. The van der Waals surface area contributed by atoms with Crippen molar-refractivity contribution in [1.29, 1.82) is 0 Å². The van der Waals surface area contributed by atoms with Gasteiger partial charge in [-0.15, -0.1) is 0 Å². The third kappa shape index (κ3) is 2.63. The van der Waals surface area contributed by atoms with Crippen LogP contribution in [0.2, 0.25) is 0 Å². The van der Waals surface area contributed by atoms with Crippen molar-refractivity contribution in [3.8, 4) is 0 Å². The van der Waals surface area contributed by atoms with Gasteiger partial charge in [-0.25, -0.2) is 13.4 Å². The summed E-state index contributed by atoms with van der Waals surface area (Å²) in [4.78, 5) is 17.0. The van der Waals surface area contributed by atoms with Crippen LogP contribution in [0.3, 0.4) is 0 Å². The molecule has 2 heterocycles. The maximum Gasteiger partial charge on any atom is 0.211 e. The van der Waals surface area contributed by atoms with E-state index in [1.165, 1.54) is 18.3 Å². The van der Waals surface area contributed by atoms with E-state index in [2.05, 4.69) is 4.98 Å². The van der Waals surface area contributed by atoms with Gasteiger partial charge in [-0.1, -0.05) is 17.7 Å². The van der Waals surface area contributed by atoms with Crippen LogP contribution in [-0.2, 0) is 16.4 Å². The van der Waals surface area contributed by atoms with Gasteiger partial charge in [0, 0.05) is 18.4 Å². The second-order valence-corrected chi connectivity index (χ2v) is 7.67. The van der Waals surface area contributed by atoms with Gasteiger partial charge < -0.3 is 4.57 Å². The van der Waals surface area contributed by atoms with Crippen molar-refractivity contribution in [3.05, 3.63) is 64.1 Å². The maximum atomic E-state index is 12.9. The number of benzene rings is 1. The third-order valence-corrected chi connectivity index (χ3v) is 5.75. The van der Waals surface area contributed by atoms with Crippen LogP contribution in [0.15, 0.2) is 57.2 Å². The summed E-state index contributed by atoms with van der Waals surface area (Å²) in [6.07, 6.45) is 1.40. The van der Waals surface area contributed by atoms with Gasteiger partial charge in [-0.3, -0.25) is 4.79 Å². The van der Waals surface area contributed by atoms with E-state index in [0.717, 1.165) is 11.3 Å².